The van der Waals surface area contributed by atoms with E-state index < -0.39 is 0 Å². The van der Waals surface area contributed by atoms with Crippen LogP contribution in [0.3, 0.4) is 0 Å². The largest absolute Gasteiger partial charge is 0.316 e. The van der Waals surface area contributed by atoms with Crippen molar-refractivity contribution in [2.75, 3.05) is 7.05 Å². The van der Waals surface area contributed by atoms with Gasteiger partial charge in [-0.3, -0.25) is 4.68 Å². The van der Waals surface area contributed by atoms with Crippen molar-refractivity contribution in [1.82, 2.24) is 15.1 Å². The van der Waals surface area contributed by atoms with Gasteiger partial charge in [0.1, 0.15) is 0 Å². The van der Waals surface area contributed by atoms with E-state index in [0.29, 0.717) is 6.04 Å². The standard InChI is InChI=1S/C17H24BrN3/c1-4-15-11-17(21(5-2)20-15)12-16(19-3)10-13-6-8-14(18)9-7-13/h6-9,11,16,19H,4-5,10,12H2,1-3H3. The van der Waals surface area contributed by atoms with Crippen molar-refractivity contribution in [3.05, 3.63) is 51.8 Å². The zero-order chi connectivity index (χ0) is 15.2. The van der Waals surface area contributed by atoms with Crippen LogP contribution < -0.4 is 5.32 Å². The van der Waals surface area contributed by atoms with Crippen LogP contribution >= 0.6 is 15.9 Å². The summed E-state index contributed by atoms with van der Waals surface area (Å²) in [6.07, 6.45) is 3.03. The van der Waals surface area contributed by atoms with E-state index in [-0.39, 0.29) is 0 Å². The van der Waals surface area contributed by atoms with Gasteiger partial charge in [0.15, 0.2) is 0 Å². The molecule has 4 heteroatoms. The van der Waals surface area contributed by atoms with Crippen LogP contribution in [0.1, 0.15) is 30.8 Å². The lowest BCUT2D eigenvalue weighted by Crippen LogP contribution is -2.30. The Kier molecular flexibility index (Phi) is 6.00. The van der Waals surface area contributed by atoms with Crippen LogP contribution in [0.15, 0.2) is 34.8 Å². The molecule has 21 heavy (non-hydrogen) atoms. The quantitative estimate of drug-likeness (QED) is 0.827. The molecule has 0 bridgehead atoms. The van der Waals surface area contributed by atoms with Crippen LogP contribution in [0.2, 0.25) is 0 Å². The minimum atomic E-state index is 0.429. The van der Waals surface area contributed by atoms with E-state index in [1.54, 1.807) is 0 Å². The van der Waals surface area contributed by atoms with Crippen molar-refractivity contribution in [2.24, 2.45) is 0 Å². The second-order valence-electron chi connectivity index (χ2n) is 5.32. The monoisotopic (exact) mass is 349 g/mol. The Labute approximate surface area is 135 Å². The normalized spacial score (nSPS) is 12.6. The number of nitrogens with one attached hydrogen (secondary N) is 1. The lowest BCUT2D eigenvalue weighted by atomic mass is 10.0. The molecule has 1 aromatic carbocycles. The molecule has 0 saturated carbocycles. The summed E-state index contributed by atoms with van der Waals surface area (Å²) < 4.78 is 3.26. The molecule has 114 valence electrons. The van der Waals surface area contributed by atoms with E-state index in [4.69, 9.17) is 0 Å². The van der Waals surface area contributed by atoms with Crippen LogP contribution in [-0.2, 0) is 25.8 Å². The zero-order valence-corrected chi connectivity index (χ0v) is 14.7. The van der Waals surface area contributed by atoms with Crippen molar-refractivity contribution >= 4 is 15.9 Å². The average molecular weight is 350 g/mol. The second-order valence-corrected chi connectivity index (χ2v) is 6.23. The number of aryl methyl sites for hydroxylation is 2. The highest BCUT2D eigenvalue weighted by atomic mass is 79.9. The molecule has 0 fully saturated rings. The first kappa shape index (κ1) is 16.2. The summed E-state index contributed by atoms with van der Waals surface area (Å²) in [4.78, 5) is 0. The molecular formula is C17H24BrN3. The number of hydrogen-bond acceptors (Lipinski definition) is 2. The number of aromatic nitrogens is 2. The van der Waals surface area contributed by atoms with Gasteiger partial charge < -0.3 is 5.32 Å². The molecule has 1 unspecified atom stereocenters. The summed E-state index contributed by atoms with van der Waals surface area (Å²) >= 11 is 3.48. The Hall–Kier alpha value is -1.13. The molecule has 2 rings (SSSR count). The van der Waals surface area contributed by atoms with Crippen LogP contribution in [0.25, 0.3) is 0 Å². The Morgan fingerprint density at radius 3 is 2.48 bits per heavy atom. The number of benzene rings is 1. The maximum atomic E-state index is 4.64. The van der Waals surface area contributed by atoms with E-state index >= 15 is 0 Å². The predicted molar refractivity (Wildman–Crippen MR) is 91.7 cm³/mol. The number of hydrogen-bond donors (Lipinski definition) is 1. The molecule has 0 aliphatic heterocycles. The Balaban J connectivity index is 2.08. The molecule has 1 heterocycles. The van der Waals surface area contributed by atoms with Crippen molar-refractivity contribution in [2.45, 2.75) is 45.7 Å². The number of halogens is 1. The first-order valence-corrected chi connectivity index (χ1v) is 8.42. The minimum absolute atomic E-state index is 0.429. The highest BCUT2D eigenvalue weighted by Gasteiger charge is 2.13. The molecule has 1 aromatic heterocycles. The topological polar surface area (TPSA) is 29.9 Å². The fourth-order valence-corrected chi connectivity index (χ4v) is 2.82. The Morgan fingerprint density at radius 1 is 1.19 bits per heavy atom. The molecular weight excluding hydrogens is 326 g/mol. The number of rotatable bonds is 7. The van der Waals surface area contributed by atoms with Gasteiger partial charge in [0.25, 0.3) is 0 Å². The molecule has 0 aliphatic carbocycles. The van der Waals surface area contributed by atoms with E-state index in [0.717, 1.165) is 30.3 Å². The minimum Gasteiger partial charge on any atom is -0.316 e. The van der Waals surface area contributed by atoms with E-state index in [1.165, 1.54) is 17.0 Å². The van der Waals surface area contributed by atoms with E-state index in [1.807, 2.05) is 7.05 Å². The highest BCUT2D eigenvalue weighted by molar-refractivity contribution is 9.10. The van der Waals surface area contributed by atoms with Crippen molar-refractivity contribution < 1.29 is 0 Å². The fraction of sp³-hybridized carbons (Fsp3) is 0.471. The van der Waals surface area contributed by atoms with Crippen LogP contribution in [0.5, 0.6) is 0 Å². The molecule has 0 saturated heterocycles. The lowest BCUT2D eigenvalue weighted by molar-refractivity contribution is 0.519. The molecule has 0 amide bonds. The summed E-state index contributed by atoms with van der Waals surface area (Å²) in [5, 5.41) is 8.08. The van der Waals surface area contributed by atoms with Gasteiger partial charge in [0.05, 0.1) is 5.69 Å². The number of likely N-dealkylation sites (N-methyl/N-ethyl adjacent to an activating group) is 1. The van der Waals surface area contributed by atoms with Gasteiger partial charge in [-0.15, -0.1) is 0 Å². The van der Waals surface area contributed by atoms with E-state index in [2.05, 4.69) is 75.2 Å². The summed E-state index contributed by atoms with van der Waals surface area (Å²) in [7, 11) is 2.04. The van der Waals surface area contributed by atoms with Crippen molar-refractivity contribution in [3.63, 3.8) is 0 Å². The predicted octanol–water partition coefficient (Wildman–Crippen LogP) is 3.60. The van der Waals surface area contributed by atoms with Gasteiger partial charge >= 0.3 is 0 Å². The lowest BCUT2D eigenvalue weighted by Gasteiger charge is -2.17. The molecule has 2 aromatic rings. The summed E-state index contributed by atoms with van der Waals surface area (Å²) in [6.45, 7) is 5.24. The Morgan fingerprint density at radius 2 is 1.90 bits per heavy atom. The van der Waals surface area contributed by atoms with Crippen LogP contribution in [0, 0.1) is 0 Å². The first-order valence-electron chi connectivity index (χ1n) is 7.63. The zero-order valence-electron chi connectivity index (χ0n) is 13.1. The summed E-state index contributed by atoms with van der Waals surface area (Å²) in [5.41, 5.74) is 3.87. The van der Waals surface area contributed by atoms with Gasteiger partial charge in [0.2, 0.25) is 0 Å². The third-order valence-corrected chi connectivity index (χ3v) is 4.36. The molecule has 1 N–H and O–H groups in total. The van der Waals surface area contributed by atoms with Gasteiger partial charge in [-0.2, -0.15) is 5.10 Å². The van der Waals surface area contributed by atoms with Gasteiger partial charge in [-0.05, 0) is 50.6 Å². The smallest absolute Gasteiger partial charge is 0.0624 e. The van der Waals surface area contributed by atoms with E-state index in [9.17, 15) is 0 Å². The maximum Gasteiger partial charge on any atom is 0.0624 e. The molecule has 3 nitrogen and oxygen atoms in total. The second kappa shape index (κ2) is 7.76. The maximum absolute atomic E-state index is 4.64. The molecule has 0 spiro atoms. The number of nitrogens with zero attached hydrogens (tertiary/aromatic N) is 2. The molecule has 0 aliphatic rings. The van der Waals surface area contributed by atoms with Gasteiger partial charge in [-0.1, -0.05) is 35.0 Å². The highest BCUT2D eigenvalue weighted by Crippen LogP contribution is 2.14. The van der Waals surface area contributed by atoms with Gasteiger partial charge in [0, 0.05) is 29.2 Å². The van der Waals surface area contributed by atoms with Crippen molar-refractivity contribution in [3.8, 4) is 0 Å². The Bertz CT molecular complexity index is 560. The summed E-state index contributed by atoms with van der Waals surface area (Å²) in [5.74, 6) is 0. The summed E-state index contributed by atoms with van der Waals surface area (Å²) in [6, 6.07) is 11.3. The van der Waals surface area contributed by atoms with Crippen LogP contribution in [0.4, 0.5) is 0 Å². The van der Waals surface area contributed by atoms with Crippen LogP contribution in [-0.4, -0.2) is 22.9 Å². The molecule has 1 atom stereocenters. The fourth-order valence-electron chi connectivity index (χ4n) is 2.56. The first-order chi connectivity index (χ1) is 10.2. The third-order valence-electron chi connectivity index (χ3n) is 3.83. The molecule has 0 radical (unpaired) electrons. The van der Waals surface area contributed by atoms with Gasteiger partial charge in [-0.25, -0.2) is 0 Å². The SMILES string of the molecule is CCc1cc(CC(Cc2ccc(Br)cc2)NC)n(CC)n1. The van der Waals surface area contributed by atoms with Crippen molar-refractivity contribution in [1.29, 1.82) is 0 Å². The third kappa shape index (κ3) is 4.42. The average Bonchev–Trinajstić information content (AvgIpc) is 2.91.